The Morgan fingerprint density at radius 1 is 0.627 bits per heavy atom. The molecule has 7 atom stereocenters. The number of carboxylic acid groups (broad SMARTS) is 2. The van der Waals surface area contributed by atoms with E-state index in [-0.39, 0.29) is 50.3 Å². The van der Waals surface area contributed by atoms with Crippen LogP contribution in [-0.2, 0) is 4.74 Å². The molecule has 0 saturated carbocycles. The molecule has 15 nitrogen and oxygen atoms in total. The van der Waals surface area contributed by atoms with Crippen LogP contribution in [0.3, 0.4) is 0 Å². The zero-order chi connectivity index (χ0) is 36.6. The van der Waals surface area contributed by atoms with Crippen molar-refractivity contribution in [3.8, 4) is 23.0 Å². The van der Waals surface area contributed by atoms with Gasteiger partial charge in [0.1, 0.15) is 47.4 Å². The van der Waals surface area contributed by atoms with Gasteiger partial charge in [-0.2, -0.15) is 0 Å². The van der Waals surface area contributed by atoms with Crippen LogP contribution >= 0.6 is 0 Å². The fraction of sp³-hybridized carbons (Fsp3) is 0.222. The number of hydrogen-bond donors (Lipinski definition) is 9. The maximum atomic E-state index is 14.4. The lowest BCUT2D eigenvalue weighted by molar-refractivity contribution is -0.277. The molecule has 262 valence electrons. The van der Waals surface area contributed by atoms with Gasteiger partial charge in [0.25, 0.3) is 0 Å². The largest absolute Gasteiger partial charge is 0.507 e. The number of carbonyl (C=O) groups is 4. The van der Waals surface area contributed by atoms with Gasteiger partial charge in [0.15, 0.2) is 0 Å². The summed E-state index contributed by atoms with van der Waals surface area (Å²) in [5, 5.41) is 94.1. The van der Waals surface area contributed by atoms with Crippen LogP contribution < -0.4 is 4.74 Å². The van der Waals surface area contributed by atoms with Gasteiger partial charge in [-0.1, -0.05) is 24.3 Å². The molecule has 0 bridgehead atoms. The van der Waals surface area contributed by atoms with Gasteiger partial charge in [0.05, 0.1) is 40.0 Å². The molecule has 4 aromatic carbocycles. The number of rotatable bonds is 6. The number of ether oxygens (including phenoxy) is 2. The van der Waals surface area contributed by atoms with Gasteiger partial charge < -0.3 is 55.4 Å². The summed E-state index contributed by atoms with van der Waals surface area (Å²) in [6, 6.07) is 12.3. The fourth-order valence-corrected chi connectivity index (χ4v) is 7.34. The number of benzene rings is 4. The van der Waals surface area contributed by atoms with E-state index in [1.54, 1.807) is 0 Å². The third-order valence-electron chi connectivity index (χ3n) is 9.60. The molecule has 51 heavy (non-hydrogen) atoms. The summed E-state index contributed by atoms with van der Waals surface area (Å²) in [4.78, 5) is 52.6. The lowest BCUT2D eigenvalue weighted by Crippen LogP contribution is -2.60. The summed E-state index contributed by atoms with van der Waals surface area (Å²) in [5.74, 6) is -9.35. The Hall–Kier alpha value is -5.84. The average molecular weight is 701 g/mol. The number of aromatic hydroxyl groups is 3. The van der Waals surface area contributed by atoms with Crippen molar-refractivity contribution in [1.82, 2.24) is 0 Å². The van der Waals surface area contributed by atoms with Gasteiger partial charge in [-0.3, -0.25) is 9.59 Å². The van der Waals surface area contributed by atoms with E-state index in [0.717, 1.165) is 24.3 Å². The number of aliphatic hydroxyl groups is 4. The summed E-state index contributed by atoms with van der Waals surface area (Å²) in [7, 11) is 0. The molecule has 4 aromatic rings. The van der Waals surface area contributed by atoms with E-state index in [0.29, 0.717) is 0 Å². The zero-order valence-corrected chi connectivity index (χ0v) is 26.0. The lowest BCUT2D eigenvalue weighted by atomic mass is 9.63. The molecule has 0 amide bonds. The Balaban J connectivity index is 1.52. The predicted molar refractivity (Wildman–Crippen MR) is 170 cm³/mol. The van der Waals surface area contributed by atoms with Crippen molar-refractivity contribution in [2.75, 3.05) is 6.61 Å². The molecule has 0 aromatic heterocycles. The molecule has 9 N–H and O–H groups in total. The maximum Gasteiger partial charge on any atom is 0.335 e. The van der Waals surface area contributed by atoms with Crippen LogP contribution in [0.4, 0.5) is 0 Å². The molecular weight excluding hydrogens is 672 g/mol. The van der Waals surface area contributed by atoms with E-state index >= 15 is 0 Å². The smallest absolute Gasteiger partial charge is 0.335 e. The van der Waals surface area contributed by atoms with Crippen molar-refractivity contribution in [1.29, 1.82) is 0 Å². The molecule has 1 heterocycles. The molecule has 1 saturated heterocycles. The zero-order valence-electron chi connectivity index (χ0n) is 26.0. The highest BCUT2D eigenvalue weighted by atomic mass is 16.7. The lowest BCUT2D eigenvalue weighted by Gasteiger charge is -2.41. The summed E-state index contributed by atoms with van der Waals surface area (Å²) in [6.07, 6.45) is -8.55. The Kier molecular flexibility index (Phi) is 8.04. The third-order valence-corrected chi connectivity index (χ3v) is 9.60. The van der Waals surface area contributed by atoms with Crippen molar-refractivity contribution in [2.45, 2.75) is 42.5 Å². The number of phenols is 3. The van der Waals surface area contributed by atoms with E-state index in [1.165, 1.54) is 36.4 Å². The van der Waals surface area contributed by atoms with Crippen molar-refractivity contribution in [2.24, 2.45) is 0 Å². The topological polar surface area (TPSA) is 269 Å². The number of carbonyl (C=O) groups excluding carboxylic acids is 2. The van der Waals surface area contributed by atoms with Crippen molar-refractivity contribution in [3.05, 3.63) is 116 Å². The average Bonchev–Trinajstić information content (AvgIpc) is 3.08. The normalized spacial score (nSPS) is 24.9. The highest BCUT2D eigenvalue weighted by Gasteiger charge is 2.48. The summed E-state index contributed by atoms with van der Waals surface area (Å²) >= 11 is 0. The first-order chi connectivity index (χ1) is 24.2. The summed E-state index contributed by atoms with van der Waals surface area (Å²) in [5.41, 5.74) is -1.98. The van der Waals surface area contributed by atoms with Crippen LogP contribution in [0, 0.1) is 0 Å². The number of carboxylic acids is 2. The monoisotopic (exact) mass is 700 g/mol. The first-order valence-electron chi connectivity index (χ1n) is 15.5. The van der Waals surface area contributed by atoms with E-state index < -0.39 is 101 Å². The molecule has 1 fully saturated rings. The molecule has 1 aliphatic heterocycles. The maximum absolute atomic E-state index is 14.4. The number of fused-ring (bicyclic) bond motifs is 4. The van der Waals surface area contributed by atoms with Crippen molar-refractivity contribution in [3.63, 3.8) is 0 Å². The van der Waals surface area contributed by atoms with Crippen LogP contribution in [0.15, 0.2) is 60.7 Å². The highest BCUT2D eigenvalue weighted by Crippen LogP contribution is 2.56. The standard InChI is InChI=1S/C36H28O15/c37-11-22-29(41)32(44)33(45)36(51-22)50-21-6-2-4-15-24(17-8-13(35(48)49)10-20(40)27(17)31(43)28(15)21)23-14-3-1-5-18(38)25(14)30(42)26-16(23)7-12(34(46)47)9-19(26)39/h1-10,22-24,29,32-33,36-41,44-45H,11H2,(H,46,47)(H,48,49)/t22-,23-,24+,29+,32+,33+,36-/m0/s1. The first kappa shape index (κ1) is 33.6. The van der Waals surface area contributed by atoms with Gasteiger partial charge in [0, 0.05) is 11.8 Å². The Bertz CT molecular complexity index is 2170. The van der Waals surface area contributed by atoms with Crippen molar-refractivity contribution >= 4 is 23.5 Å². The summed E-state index contributed by atoms with van der Waals surface area (Å²) in [6.45, 7) is -0.775. The van der Waals surface area contributed by atoms with E-state index in [4.69, 9.17) is 9.47 Å². The van der Waals surface area contributed by atoms with Gasteiger partial charge in [-0.15, -0.1) is 0 Å². The minimum absolute atomic E-state index is 0.0489. The molecular formula is C36H28O15. The molecule has 2 aliphatic carbocycles. The number of hydrogen-bond acceptors (Lipinski definition) is 13. The molecule has 0 spiro atoms. The van der Waals surface area contributed by atoms with Gasteiger partial charge in [-0.25, -0.2) is 9.59 Å². The van der Waals surface area contributed by atoms with E-state index in [1.807, 2.05) is 0 Å². The van der Waals surface area contributed by atoms with Crippen LogP contribution in [0.1, 0.15) is 86.6 Å². The minimum atomic E-state index is -1.88. The number of aromatic carboxylic acids is 2. The number of aliphatic hydroxyl groups excluding tert-OH is 4. The van der Waals surface area contributed by atoms with Crippen LogP contribution in [0.2, 0.25) is 0 Å². The molecule has 15 heteroatoms. The second kappa shape index (κ2) is 12.2. The SMILES string of the molecule is O=C(O)c1cc(O)c2c(c1)[C@@H]([C@H]1c3cc(C(=O)O)cc(O)c3C(=O)c3c(O[C@H]4O[C@@H](CO)[C@@H](O)[C@@H](O)[C@H]4O)cccc31)c1cccc(O)c1C2=O. The second-order valence-electron chi connectivity index (χ2n) is 12.4. The van der Waals surface area contributed by atoms with Gasteiger partial charge in [0.2, 0.25) is 17.9 Å². The van der Waals surface area contributed by atoms with E-state index in [2.05, 4.69) is 0 Å². The second-order valence-corrected chi connectivity index (χ2v) is 12.4. The van der Waals surface area contributed by atoms with E-state index in [9.17, 15) is 65.1 Å². The summed E-state index contributed by atoms with van der Waals surface area (Å²) < 4.78 is 11.4. The Morgan fingerprint density at radius 3 is 1.65 bits per heavy atom. The quantitative estimate of drug-likeness (QED) is 0.138. The van der Waals surface area contributed by atoms with Crippen LogP contribution in [0.5, 0.6) is 23.0 Å². The molecule has 3 aliphatic rings. The number of ketones is 2. The molecule has 0 unspecified atom stereocenters. The molecule has 7 rings (SSSR count). The fourth-order valence-electron chi connectivity index (χ4n) is 7.34. The predicted octanol–water partition coefficient (Wildman–Crippen LogP) is 1.43. The van der Waals surface area contributed by atoms with Crippen LogP contribution in [0.25, 0.3) is 0 Å². The Morgan fingerprint density at radius 2 is 1.12 bits per heavy atom. The molecule has 0 radical (unpaired) electrons. The van der Waals surface area contributed by atoms with Crippen LogP contribution in [-0.4, -0.2) is 107 Å². The van der Waals surface area contributed by atoms with Gasteiger partial charge in [-0.05, 0) is 58.7 Å². The van der Waals surface area contributed by atoms with Crippen molar-refractivity contribution < 1.29 is 74.6 Å². The first-order valence-corrected chi connectivity index (χ1v) is 15.5. The third kappa shape index (κ3) is 5.09. The highest BCUT2D eigenvalue weighted by molar-refractivity contribution is 6.18. The minimum Gasteiger partial charge on any atom is -0.507 e. The number of phenolic OH excluding ortho intramolecular Hbond substituents is 3. The van der Waals surface area contributed by atoms with Gasteiger partial charge >= 0.3 is 11.9 Å². The Labute approximate surface area is 286 Å².